The van der Waals surface area contributed by atoms with E-state index in [9.17, 15) is 0 Å². The summed E-state index contributed by atoms with van der Waals surface area (Å²) in [5.74, 6) is 1.85. The Bertz CT molecular complexity index is 498. The van der Waals surface area contributed by atoms with Crippen molar-refractivity contribution in [2.24, 2.45) is 0 Å². The second-order valence-corrected chi connectivity index (χ2v) is 7.63. The highest BCUT2D eigenvalue weighted by Crippen LogP contribution is 2.36. The quantitative estimate of drug-likeness (QED) is 0.636. The molecule has 0 bridgehead atoms. The fourth-order valence-corrected chi connectivity index (χ4v) is 3.94. The Morgan fingerprint density at radius 1 is 0.650 bits per heavy atom. The number of benzene rings is 2. The molecule has 0 saturated heterocycles. The van der Waals surface area contributed by atoms with Gasteiger partial charge in [-0.25, -0.2) is 0 Å². The largest absolute Gasteiger partial charge is 0.135 e. The molecule has 0 aliphatic heterocycles. The lowest BCUT2D eigenvalue weighted by atomic mass is 10.2. The molecule has 2 rings (SSSR count). The summed E-state index contributed by atoms with van der Waals surface area (Å²) >= 11 is 12.5. The Morgan fingerprint density at radius 3 is 1.35 bits per heavy atom. The van der Waals surface area contributed by atoms with Crippen molar-refractivity contribution in [1.29, 1.82) is 0 Å². The van der Waals surface area contributed by atoms with Crippen molar-refractivity contribution in [3.05, 3.63) is 80.3 Å². The van der Waals surface area contributed by atoms with Crippen LogP contribution in [0.2, 0.25) is 0 Å². The van der Waals surface area contributed by atoms with Crippen LogP contribution in [0, 0.1) is 0 Å². The lowest BCUT2D eigenvalue weighted by molar-refractivity contribution is 1.42. The van der Waals surface area contributed by atoms with E-state index in [1.54, 1.807) is 23.5 Å². The molecular weight excluding hydrogens is 320 g/mol. The van der Waals surface area contributed by atoms with Crippen molar-refractivity contribution in [2.45, 2.75) is 11.5 Å². The van der Waals surface area contributed by atoms with Crippen LogP contribution in [0.4, 0.5) is 0 Å². The first kappa shape index (κ1) is 16.0. The van der Waals surface area contributed by atoms with Crippen LogP contribution in [0.15, 0.2) is 69.1 Å². The molecule has 20 heavy (non-hydrogen) atoms. The molecule has 4 heteroatoms. The predicted octanol–water partition coefficient (Wildman–Crippen LogP) is 5.84. The van der Waals surface area contributed by atoms with Crippen LogP contribution in [0.3, 0.4) is 0 Å². The fraction of sp³-hybridized carbons (Fsp3) is 0.125. The molecule has 0 aliphatic carbocycles. The van der Waals surface area contributed by atoms with Crippen LogP contribution in [0.1, 0.15) is 11.1 Å². The summed E-state index contributed by atoms with van der Waals surface area (Å²) in [4.78, 5) is 0. The van der Waals surface area contributed by atoms with Gasteiger partial charge in [-0.15, -0.1) is 48.8 Å². The first-order valence-electron chi connectivity index (χ1n) is 6.21. The van der Waals surface area contributed by atoms with E-state index in [0.29, 0.717) is 0 Å². The van der Waals surface area contributed by atoms with Crippen molar-refractivity contribution in [1.82, 2.24) is 0 Å². The third-order valence-electron chi connectivity index (χ3n) is 2.62. The van der Waals surface area contributed by atoms with Crippen LogP contribution < -0.4 is 0 Å². The topological polar surface area (TPSA) is 0 Å². The number of hydrogen-bond donors (Lipinski definition) is 2. The first-order chi connectivity index (χ1) is 9.75. The second kappa shape index (κ2) is 8.78. The van der Waals surface area contributed by atoms with Crippen LogP contribution in [-0.4, -0.2) is 0 Å². The molecule has 0 radical (unpaired) electrons. The van der Waals surface area contributed by atoms with Gasteiger partial charge >= 0.3 is 0 Å². The Kier molecular flexibility index (Phi) is 7.00. The Hall–Kier alpha value is -0.420. The molecule has 0 nitrogen and oxygen atoms in total. The molecule has 104 valence electrons. The van der Waals surface area contributed by atoms with Gasteiger partial charge in [-0.3, -0.25) is 0 Å². The molecule has 0 fully saturated rings. The maximum Gasteiger partial charge on any atom is 0.0572 e. The van der Waals surface area contributed by atoms with E-state index in [1.807, 2.05) is 12.1 Å². The summed E-state index contributed by atoms with van der Waals surface area (Å²) in [6.45, 7) is 0. The molecule has 0 saturated carbocycles. The number of hydrogen-bond acceptors (Lipinski definition) is 4. The van der Waals surface area contributed by atoms with E-state index in [0.717, 1.165) is 20.0 Å². The summed E-state index contributed by atoms with van der Waals surface area (Å²) in [5.41, 5.74) is 2.61. The minimum Gasteiger partial charge on any atom is -0.135 e. The van der Waals surface area contributed by atoms with Crippen LogP contribution in [0.5, 0.6) is 0 Å². The normalized spacial score (nSPS) is 12.1. The average molecular weight is 337 g/mol. The minimum absolute atomic E-state index is 0.926. The van der Waals surface area contributed by atoms with Crippen LogP contribution >= 0.6 is 48.8 Å². The Balaban J connectivity index is 1.84. The molecular formula is C16H16S4. The van der Waals surface area contributed by atoms with Crippen LogP contribution in [0.25, 0.3) is 0 Å². The first-order valence-corrected chi connectivity index (χ1v) is 9.08. The highest BCUT2D eigenvalue weighted by atomic mass is 32.2. The van der Waals surface area contributed by atoms with E-state index >= 15 is 0 Å². The molecule has 2 aromatic rings. The van der Waals surface area contributed by atoms with Gasteiger partial charge in [0.25, 0.3) is 0 Å². The zero-order chi connectivity index (χ0) is 14.2. The third kappa shape index (κ3) is 5.52. The highest BCUT2D eigenvalue weighted by molar-refractivity contribution is 8.21. The summed E-state index contributed by atoms with van der Waals surface area (Å²) in [6.07, 6.45) is 0. The molecule has 0 unspecified atom stereocenters. The zero-order valence-corrected chi connectivity index (χ0v) is 14.3. The highest BCUT2D eigenvalue weighted by Gasteiger charge is 2.03. The van der Waals surface area contributed by atoms with Crippen molar-refractivity contribution >= 4 is 48.8 Å². The van der Waals surface area contributed by atoms with Crippen molar-refractivity contribution in [3.63, 3.8) is 0 Å². The van der Waals surface area contributed by atoms with Gasteiger partial charge in [0.05, 0.1) is 8.47 Å². The lowest BCUT2D eigenvalue weighted by Gasteiger charge is -2.06. The van der Waals surface area contributed by atoms with Crippen LogP contribution in [-0.2, 0) is 11.5 Å². The second-order valence-electron chi connectivity index (χ2n) is 4.16. The predicted molar refractivity (Wildman–Crippen MR) is 100 cm³/mol. The molecule has 0 heterocycles. The average Bonchev–Trinajstić information content (AvgIpc) is 2.52. The van der Waals surface area contributed by atoms with Gasteiger partial charge in [0.15, 0.2) is 0 Å². The molecule has 2 aromatic carbocycles. The van der Waals surface area contributed by atoms with Crippen molar-refractivity contribution in [2.75, 3.05) is 0 Å². The standard InChI is InChI=1S/C16H16S4/c17-15(19-11-13-7-3-1-4-8-13)16(18)20-12-14-9-5-2-6-10-14/h1-10,17-18H,11-12H2/b16-15-. The van der Waals surface area contributed by atoms with E-state index in [2.05, 4.69) is 73.8 Å². The summed E-state index contributed by atoms with van der Waals surface area (Å²) in [6, 6.07) is 20.8. The zero-order valence-electron chi connectivity index (χ0n) is 10.9. The van der Waals surface area contributed by atoms with Gasteiger partial charge in [-0.2, -0.15) is 0 Å². The SMILES string of the molecule is S/C(SCc1ccccc1)=C(\S)SCc1ccccc1. The van der Waals surface area contributed by atoms with Gasteiger partial charge in [-0.1, -0.05) is 60.7 Å². The third-order valence-corrected chi connectivity index (χ3v) is 6.36. The van der Waals surface area contributed by atoms with E-state index in [1.165, 1.54) is 11.1 Å². The summed E-state index contributed by atoms with van der Waals surface area (Å²) < 4.78 is 1.97. The summed E-state index contributed by atoms with van der Waals surface area (Å²) in [7, 11) is 0. The Labute approximate surface area is 140 Å². The molecule has 0 aliphatic rings. The molecule has 0 amide bonds. The maximum absolute atomic E-state index is 4.55. The smallest absolute Gasteiger partial charge is 0.0572 e. The minimum atomic E-state index is 0.926. The van der Waals surface area contributed by atoms with Gasteiger partial charge in [-0.05, 0) is 11.1 Å². The number of rotatable bonds is 6. The van der Waals surface area contributed by atoms with Gasteiger partial charge in [0, 0.05) is 11.5 Å². The molecule has 0 N–H and O–H groups in total. The monoisotopic (exact) mass is 336 g/mol. The van der Waals surface area contributed by atoms with Crippen molar-refractivity contribution in [3.8, 4) is 0 Å². The maximum atomic E-state index is 4.55. The van der Waals surface area contributed by atoms with E-state index in [4.69, 9.17) is 0 Å². The van der Waals surface area contributed by atoms with Crippen molar-refractivity contribution < 1.29 is 0 Å². The van der Waals surface area contributed by atoms with E-state index in [-0.39, 0.29) is 0 Å². The number of thioether (sulfide) groups is 2. The summed E-state index contributed by atoms with van der Waals surface area (Å²) in [5, 5.41) is 0. The van der Waals surface area contributed by atoms with Gasteiger partial charge in [0.1, 0.15) is 0 Å². The fourth-order valence-electron chi connectivity index (χ4n) is 1.58. The Morgan fingerprint density at radius 2 is 1.00 bits per heavy atom. The lowest BCUT2D eigenvalue weighted by Crippen LogP contribution is -1.81. The number of thiol groups is 2. The van der Waals surface area contributed by atoms with Gasteiger partial charge < -0.3 is 0 Å². The molecule has 0 aromatic heterocycles. The van der Waals surface area contributed by atoms with Gasteiger partial charge in [0.2, 0.25) is 0 Å². The molecule has 0 spiro atoms. The molecule has 0 atom stereocenters. The van der Waals surface area contributed by atoms with E-state index < -0.39 is 0 Å².